The van der Waals surface area contributed by atoms with Gasteiger partial charge in [0.25, 0.3) is 5.56 Å². The molecule has 1 aromatic carbocycles. The number of piperidine rings is 1. The molecular weight excluding hydrogens is 348 g/mol. The van der Waals surface area contributed by atoms with Gasteiger partial charge in [-0.1, -0.05) is 35.9 Å². The lowest BCUT2D eigenvalue weighted by Crippen LogP contribution is -2.44. The molecule has 3 rings (SSSR count). The number of ether oxygens (including phenoxy) is 1. The number of pyridine rings is 1. The molecule has 0 aliphatic carbocycles. The number of hydrogen-bond donors (Lipinski definition) is 1. The highest BCUT2D eigenvalue weighted by Crippen LogP contribution is 2.25. The van der Waals surface area contributed by atoms with E-state index >= 15 is 0 Å². The summed E-state index contributed by atoms with van der Waals surface area (Å²) in [6, 6.07) is 10.5. The Hall–Kier alpha value is -2.17. The molecule has 0 radical (unpaired) electrons. The third-order valence-corrected chi connectivity index (χ3v) is 5.45. The highest BCUT2D eigenvalue weighted by Gasteiger charge is 2.24. The van der Waals surface area contributed by atoms with Crippen LogP contribution in [-0.4, -0.2) is 35.6 Å². The average Bonchev–Trinajstić information content (AvgIpc) is 2.66. The second kappa shape index (κ2) is 8.89. The predicted molar refractivity (Wildman–Crippen MR) is 116 cm³/mol. The molecule has 0 unspecified atom stereocenters. The number of H-pyrrole nitrogens is 1. The van der Waals surface area contributed by atoms with Crippen molar-refractivity contribution in [2.24, 2.45) is 0 Å². The van der Waals surface area contributed by atoms with Crippen molar-refractivity contribution in [2.45, 2.75) is 52.2 Å². The highest BCUT2D eigenvalue weighted by atomic mass is 16.5. The quantitative estimate of drug-likeness (QED) is 0.837. The molecule has 0 amide bonds. The molecular formula is C24H32N2O2. The van der Waals surface area contributed by atoms with Crippen LogP contribution < -0.4 is 5.56 Å². The maximum Gasteiger partial charge on any atom is 0.251 e. The van der Waals surface area contributed by atoms with Gasteiger partial charge in [-0.15, -0.1) is 0 Å². The van der Waals surface area contributed by atoms with E-state index in [0.29, 0.717) is 13.0 Å². The first kappa shape index (κ1) is 20.6. The van der Waals surface area contributed by atoms with E-state index in [0.717, 1.165) is 42.6 Å². The fourth-order valence-corrected chi connectivity index (χ4v) is 3.76. The van der Waals surface area contributed by atoms with Gasteiger partial charge in [-0.2, -0.15) is 0 Å². The number of likely N-dealkylation sites (tertiary alicyclic amines) is 1. The Balaban J connectivity index is 1.65. The first-order chi connectivity index (χ1) is 13.3. The van der Waals surface area contributed by atoms with Gasteiger partial charge in [-0.25, -0.2) is 0 Å². The molecule has 0 bridgehead atoms. The molecule has 2 heterocycles. The van der Waals surface area contributed by atoms with Gasteiger partial charge >= 0.3 is 0 Å². The number of methoxy groups -OCH3 is 1. The summed E-state index contributed by atoms with van der Waals surface area (Å²) < 4.78 is 5.15. The lowest BCUT2D eigenvalue weighted by molar-refractivity contribution is 0.126. The predicted octanol–water partition coefficient (Wildman–Crippen LogP) is 4.39. The molecule has 1 fully saturated rings. The molecule has 0 spiro atoms. The maximum atomic E-state index is 12.1. The molecule has 0 atom stereocenters. The molecule has 4 nitrogen and oxygen atoms in total. The second-order valence-corrected chi connectivity index (χ2v) is 8.67. The second-order valence-electron chi connectivity index (χ2n) is 8.67. The Morgan fingerprint density at radius 2 is 1.79 bits per heavy atom. The van der Waals surface area contributed by atoms with Crippen molar-refractivity contribution in [2.75, 3.05) is 20.2 Å². The summed E-state index contributed by atoms with van der Waals surface area (Å²) in [5, 5.41) is 0. The summed E-state index contributed by atoms with van der Waals surface area (Å²) in [6.07, 6.45) is 6.96. The zero-order valence-corrected chi connectivity index (χ0v) is 17.5. The third-order valence-electron chi connectivity index (χ3n) is 5.45. The number of aromatic nitrogens is 1. The first-order valence-corrected chi connectivity index (χ1v) is 10.1. The minimum absolute atomic E-state index is 0.0309. The zero-order valence-electron chi connectivity index (χ0n) is 17.5. The maximum absolute atomic E-state index is 12.1. The monoisotopic (exact) mass is 380 g/mol. The lowest BCUT2D eigenvalue weighted by Gasteiger charge is -2.39. The topological polar surface area (TPSA) is 45.3 Å². The van der Waals surface area contributed by atoms with Gasteiger partial charge in [-0.3, -0.25) is 9.69 Å². The fourth-order valence-electron chi connectivity index (χ4n) is 3.76. The van der Waals surface area contributed by atoms with Gasteiger partial charge in [0.2, 0.25) is 0 Å². The molecule has 1 N–H and O–H groups in total. The summed E-state index contributed by atoms with van der Waals surface area (Å²) in [5.74, 6) is 0. The minimum Gasteiger partial charge on any atom is -0.380 e. The smallest absolute Gasteiger partial charge is 0.251 e. The van der Waals surface area contributed by atoms with Gasteiger partial charge in [0.05, 0.1) is 6.61 Å². The van der Waals surface area contributed by atoms with Gasteiger partial charge < -0.3 is 9.72 Å². The van der Waals surface area contributed by atoms with E-state index in [1.807, 2.05) is 6.07 Å². The van der Waals surface area contributed by atoms with E-state index in [1.165, 1.54) is 11.1 Å². The van der Waals surface area contributed by atoms with Crippen molar-refractivity contribution < 1.29 is 4.74 Å². The summed E-state index contributed by atoms with van der Waals surface area (Å²) in [6.45, 7) is 9.63. The molecule has 2 aromatic rings. The fraction of sp³-hybridized carbons (Fsp3) is 0.458. The number of benzene rings is 1. The van der Waals surface area contributed by atoms with Crippen LogP contribution in [0.1, 0.15) is 55.9 Å². The van der Waals surface area contributed by atoms with Crippen molar-refractivity contribution in [1.29, 1.82) is 0 Å². The molecule has 0 saturated carbocycles. The van der Waals surface area contributed by atoms with Crippen LogP contribution in [0.4, 0.5) is 0 Å². The lowest BCUT2D eigenvalue weighted by atomic mass is 9.96. The molecule has 1 saturated heterocycles. The van der Waals surface area contributed by atoms with Crippen LogP contribution in [-0.2, 0) is 17.8 Å². The number of rotatable bonds is 5. The SMILES string of the molecule is COCc1c[nH]c(=O)c(Cc2ccc(C=C3CCN(C(C)(C)C)CC3)cc2)c1. The molecule has 1 aliphatic rings. The minimum atomic E-state index is -0.0309. The van der Waals surface area contributed by atoms with E-state index in [1.54, 1.807) is 13.3 Å². The summed E-state index contributed by atoms with van der Waals surface area (Å²) in [7, 11) is 1.66. The van der Waals surface area contributed by atoms with Crippen LogP contribution in [0.2, 0.25) is 0 Å². The standard InChI is InChI=1S/C24H32N2O2/c1-24(2,3)26-11-9-20(10-12-26)13-18-5-7-19(8-6-18)14-22-15-21(17-28-4)16-25-23(22)27/h5-8,13,15-16H,9-12,14,17H2,1-4H3,(H,25,27). The van der Waals surface area contributed by atoms with Crippen LogP contribution in [0.25, 0.3) is 6.08 Å². The first-order valence-electron chi connectivity index (χ1n) is 10.1. The molecule has 1 aliphatic heterocycles. The van der Waals surface area contributed by atoms with Gasteiger partial charge in [0, 0.05) is 43.9 Å². The molecule has 28 heavy (non-hydrogen) atoms. The van der Waals surface area contributed by atoms with E-state index in [9.17, 15) is 4.79 Å². The van der Waals surface area contributed by atoms with Crippen LogP contribution >= 0.6 is 0 Å². The van der Waals surface area contributed by atoms with Crippen molar-refractivity contribution in [1.82, 2.24) is 9.88 Å². The van der Waals surface area contributed by atoms with E-state index < -0.39 is 0 Å². The average molecular weight is 381 g/mol. The van der Waals surface area contributed by atoms with Crippen LogP contribution in [0, 0.1) is 0 Å². The Labute approximate surface area is 168 Å². The van der Waals surface area contributed by atoms with Crippen LogP contribution in [0.5, 0.6) is 0 Å². The Morgan fingerprint density at radius 1 is 1.11 bits per heavy atom. The van der Waals surface area contributed by atoms with Gasteiger partial charge in [0.1, 0.15) is 0 Å². The summed E-state index contributed by atoms with van der Waals surface area (Å²) in [5.41, 5.74) is 5.89. The Morgan fingerprint density at radius 3 is 2.39 bits per heavy atom. The van der Waals surface area contributed by atoms with Crippen molar-refractivity contribution in [3.05, 3.63) is 74.7 Å². The van der Waals surface area contributed by atoms with E-state index in [2.05, 4.69) is 61.0 Å². The number of hydrogen-bond acceptors (Lipinski definition) is 3. The third kappa shape index (κ3) is 5.43. The van der Waals surface area contributed by atoms with Crippen LogP contribution in [0.3, 0.4) is 0 Å². The molecule has 150 valence electrons. The molecule has 1 aromatic heterocycles. The van der Waals surface area contributed by atoms with Gasteiger partial charge in [-0.05, 0) is 56.4 Å². The number of nitrogens with one attached hydrogen (secondary N) is 1. The highest BCUT2D eigenvalue weighted by molar-refractivity contribution is 5.53. The van der Waals surface area contributed by atoms with Crippen molar-refractivity contribution >= 4 is 6.08 Å². The normalized spacial score (nSPS) is 15.6. The Kier molecular flexibility index (Phi) is 6.53. The van der Waals surface area contributed by atoms with Crippen molar-refractivity contribution in [3.8, 4) is 0 Å². The molecule has 4 heteroatoms. The largest absolute Gasteiger partial charge is 0.380 e. The zero-order chi connectivity index (χ0) is 20.1. The summed E-state index contributed by atoms with van der Waals surface area (Å²) >= 11 is 0. The van der Waals surface area contributed by atoms with Crippen molar-refractivity contribution in [3.63, 3.8) is 0 Å². The number of aromatic amines is 1. The Bertz CT molecular complexity index is 863. The summed E-state index contributed by atoms with van der Waals surface area (Å²) in [4.78, 5) is 17.5. The van der Waals surface area contributed by atoms with E-state index in [4.69, 9.17) is 4.74 Å². The van der Waals surface area contributed by atoms with E-state index in [-0.39, 0.29) is 11.1 Å². The van der Waals surface area contributed by atoms with Gasteiger partial charge in [0.15, 0.2) is 0 Å². The van der Waals surface area contributed by atoms with Crippen LogP contribution in [0.15, 0.2) is 46.9 Å². The number of nitrogens with zero attached hydrogens (tertiary/aromatic N) is 1.